The zero-order valence-corrected chi connectivity index (χ0v) is 11.9. The van der Waals surface area contributed by atoms with Crippen molar-refractivity contribution >= 4 is 0 Å². The minimum Gasteiger partial charge on any atom is -0.374 e. The summed E-state index contributed by atoms with van der Waals surface area (Å²) in [5.74, 6) is 0. The van der Waals surface area contributed by atoms with E-state index < -0.39 is 0 Å². The predicted molar refractivity (Wildman–Crippen MR) is 77.2 cm³/mol. The largest absolute Gasteiger partial charge is 0.374 e. The number of nitrogens with two attached hydrogens (primary N) is 1. The van der Waals surface area contributed by atoms with E-state index in [-0.39, 0.29) is 6.10 Å². The molecule has 2 unspecified atom stereocenters. The van der Waals surface area contributed by atoms with Crippen molar-refractivity contribution in [3.63, 3.8) is 0 Å². The number of hydrogen-bond donors (Lipinski definition) is 1. The molecule has 2 fully saturated rings. The zero-order chi connectivity index (χ0) is 13.4. The van der Waals surface area contributed by atoms with Gasteiger partial charge in [0.2, 0.25) is 0 Å². The number of morpholine rings is 1. The standard InChI is InChI=1S/C16H24N2O/c1-11-3-4-13(9-12(11)2)16-15(10-17)19-8-7-18(16)14-5-6-14/h3-4,9,14-16H,5-8,10,17H2,1-2H3. The van der Waals surface area contributed by atoms with Crippen molar-refractivity contribution in [1.29, 1.82) is 0 Å². The second kappa shape index (κ2) is 5.23. The lowest BCUT2D eigenvalue weighted by atomic mass is 9.94. The van der Waals surface area contributed by atoms with E-state index in [1.54, 1.807) is 0 Å². The highest BCUT2D eigenvalue weighted by molar-refractivity contribution is 5.33. The summed E-state index contributed by atoms with van der Waals surface area (Å²) in [7, 11) is 0. The Bertz CT molecular complexity index is 456. The van der Waals surface area contributed by atoms with Gasteiger partial charge in [-0.2, -0.15) is 0 Å². The van der Waals surface area contributed by atoms with E-state index in [4.69, 9.17) is 10.5 Å². The molecule has 0 aromatic heterocycles. The lowest BCUT2D eigenvalue weighted by Gasteiger charge is -2.41. The summed E-state index contributed by atoms with van der Waals surface area (Å²) in [6.45, 7) is 6.80. The van der Waals surface area contributed by atoms with Crippen LogP contribution in [0, 0.1) is 13.8 Å². The Hall–Kier alpha value is -0.900. The van der Waals surface area contributed by atoms with Gasteiger partial charge in [-0.25, -0.2) is 0 Å². The average molecular weight is 260 g/mol. The molecule has 1 aromatic rings. The number of ether oxygens (including phenoxy) is 1. The van der Waals surface area contributed by atoms with E-state index in [1.807, 2.05) is 0 Å². The van der Waals surface area contributed by atoms with Crippen molar-refractivity contribution in [1.82, 2.24) is 4.90 Å². The quantitative estimate of drug-likeness (QED) is 0.905. The number of nitrogens with zero attached hydrogens (tertiary/aromatic N) is 1. The van der Waals surface area contributed by atoms with Gasteiger partial charge in [0, 0.05) is 19.1 Å². The van der Waals surface area contributed by atoms with Gasteiger partial charge in [0.15, 0.2) is 0 Å². The van der Waals surface area contributed by atoms with Gasteiger partial charge in [-0.1, -0.05) is 18.2 Å². The lowest BCUT2D eigenvalue weighted by molar-refractivity contribution is -0.0712. The van der Waals surface area contributed by atoms with Gasteiger partial charge in [-0.05, 0) is 43.4 Å². The molecule has 1 heterocycles. The van der Waals surface area contributed by atoms with Crippen molar-refractivity contribution in [2.75, 3.05) is 19.7 Å². The molecule has 1 aliphatic heterocycles. The predicted octanol–water partition coefficient (Wildman–Crippen LogP) is 2.17. The van der Waals surface area contributed by atoms with Gasteiger partial charge in [0.05, 0.1) is 18.8 Å². The van der Waals surface area contributed by atoms with Crippen LogP contribution in [-0.2, 0) is 4.74 Å². The first-order valence-corrected chi connectivity index (χ1v) is 7.35. The molecule has 3 heteroatoms. The summed E-state index contributed by atoms with van der Waals surface area (Å²) in [4.78, 5) is 2.62. The second-order valence-electron chi connectivity index (χ2n) is 5.90. The average Bonchev–Trinajstić information content (AvgIpc) is 3.25. The Morgan fingerprint density at radius 2 is 2.05 bits per heavy atom. The molecule has 1 saturated carbocycles. The van der Waals surface area contributed by atoms with Gasteiger partial charge >= 0.3 is 0 Å². The normalized spacial score (nSPS) is 28.6. The van der Waals surface area contributed by atoms with Crippen molar-refractivity contribution in [3.8, 4) is 0 Å². The Morgan fingerprint density at radius 3 is 2.68 bits per heavy atom. The molecule has 2 aliphatic rings. The molecule has 19 heavy (non-hydrogen) atoms. The maximum atomic E-state index is 5.93. The van der Waals surface area contributed by atoms with Crippen LogP contribution in [0.4, 0.5) is 0 Å². The van der Waals surface area contributed by atoms with E-state index in [1.165, 1.54) is 29.5 Å². The highest BCUT2D eigenvalue weighted by Crippen LogP contribution is 2.38. The van der Waals surface area contributed by atoms with Gasteiger partial charge in [-0.3, -0.25) is 4.90 Å². The third kappa shape index (κ3) is 2.55. The summed E-state index contributed by atoms with van der Waals surface area (Å²) >= 11 is 0. The van der Waals surface area contributed by atoms with E-state index in [0.717, 1.165) is 19.2 Å². The van der Waals surface area contributed by atoms with Gasteiger partial charge < -0.3 is 10.5 Å². The fraction of sp³-hybridized carbons (Fsp3) is 0.625. The monoisotopic (exact) mass is 260 g/mol. The van der Waals surface area contributed by atoms with Crippen LogP contribution < -0.4 is 5.73 Å². The number of aryl methyl sites for hydroxylation is 2. The third-order valence-electron chi connectivity index (χ3n) is 4.51. The van der Waals surface area contributed by atoms with E-state index >= 15 is 0 Å². The Balaban J connectivity index is 1.93. The summed E-state index contributed by atoms with van der Waals surface area (Å²) in [6, 6.07) is 7.87. The molecule has 1 aliphatic carbocycles. The molecule has 1 saturated heterocycles. The second-order valence-corrected chi connectivity index (χ2v) is 5.90. The Labute approximate surface area is 115 Å². The lowest BCUT2D eigenvalue weighted by Crippen LogP contribution is -2.49. The minimum atomic E-state index is 0.136. The summed E-state index contributed by atoms with van der Waals surface area (Å²) in [5, 5.41) is 0. The van der Waals surface area contributed by atoms with Crippen molar-refractivity contribution < 1.29 is 4.74 Å². The Morgan fingerprint density at radius 1 is 1.26 bits per heavy atom. The summed E-state index contributed by atoms with van der Waals surface area (Å²) in [6.07, 6.45) is 2.80. The van der Waals surface area contributed by atoms with E-state index in [0.29, 0.717) is 12.6 Å². The van der Waals surface area contributed by atoms with Crippen LogP contribution in [0.15, 0.2) is 18.2 Å². The van der Waals surface area contributed by atoms with Crippen LogP contribution in [0.1, 0.15) is 35.6 Å². The highest BCUT2D eigenvalue weighted by atomic mass is 16.5. The molecular weight excluding hydrogens is 236 g/mol. The van der Waals surface area contributed by atoms with Crippen molar-refractivity contribution in [2.24, 2.45) is 5.73 Å². The maximum absolute atomic E-state index is 5.93. The van der Waals surface area contributed by atoms with Gasteiger partial charge in [-0.15, -0.1) is 0 Å². The first-order valence-electron chi connectivity index (χ1n) is 7.35. The molecule has 0 amide bonds. The maximum Gasteiger partial charge on any atom is 0.0894 e. The van der Waals surface area contributed by atoms with Crippen LogP contribution in [0.25, 0.3) is 0 Å². The van der Waals surface area contributed by atoms with Crippen molar-refractivity contribution in [2.45, 2.75) is 44.9 Å². The molecule has 0 bridgehead atoms. The molecule has 3 nitrogen and oxygen atoms in total. The summed E-state index contributed by atoms with van der Waals surface area (Å²) < 4.78 is 5.91. The van der Waals surface area contributed by atoms with Crippen LogP contribution in [0.5, 0.6) is 0 Å². The highest BCUT2D eigenvalue weighted by Gasteiger charge is 2.40. The molecule has 104 valence electrons. The van der Waals surface area contributed by atoms with Crippen molar-refractivity contribution in [3.05, 3.63) is 34.9 Å². The smallest absolute Gasteiger partial charge is 0.0894 e. The van der Waals surface area contributed by atoms with Crippen LogP contribution in [0.3, 0.4) is 0 Å². The molecule has 2 atom stereocenters. The van der Waals surface area contributed by atoms with E-state index in [2.05, 4.69) is 36.9 Å². The number of rotatable bonds is 3. The SMILES string of the molecule is Cc1ccc(C2C(CN)OCCN2C2CC2)cc1C. The van der Waals surface area contributed by atoms with Crippen LogP contribution >= 0.6 is 0 Å². The fourth-order valence-corrected chi connectivity index (χ4v) is 3.12. The molecule has 2 N–H and O–H groups in total. The molecule has 0 spiro atoms. The molecular formula is C16H24N2O. The zero-order valence-electron chi connectivity index (χ0n) is 11.9. The topological polar surface area (TPSA) is 38.5 Å². The molecule has 1 aromatic carbocycles. The first-order chi connectivity index (χ1) is 9.20. The fourth-order valence-electron chi connectivity index (χ4n) is 3.12. The Kier molecular flexibility index (Phi) is 3.61. The third-order valence-corrected chi connectivity index (χ3v) is 4.51. The first kappa shape index (κ1) is 13.1. The van der Waals surface area contributed by atoms with Gasteiger partial charge in [0.1, 0.15) is 0 Å². The van der Waals surface area contributed by atoms with Crippen LogP contribution in [0.2, 0.25) is 0 Å². The molecule has 3 rings (SSSR count). The summed E-state index contributed by atoms with van der Waals surface area (Å²) in [5.41, 5.74) is 10.0. The van der Waals surface area contributed by atoms with Gasteiger partial charge in [0.25, 0.3) is 0 Å². The minimum absolute atomic E-state index is 0.136. The number of hydrogen-bond acceptors (Lipinski definition) is 3. The number of benzene rings is 1. The van der Waals surface area contributed by atoms with Crippen LogP contribution in [-0.4, -0.2) is 36.7 Å². The molecule has 0 radical (unpaired) electrons. The van der Waals surface area contributed by atoms with E-state index in [9.17, 15) is 0 Å².